The van der Waals surface area contributed by atoms with E-state index in [9.17, 15) is 13.2 Å². The summed E-state index contributed by atoms with van der Waals surface area (Å²) in [7, 11) is -1.49. The number of hydrogen-bond donors (Lipinski definition) is 1. The molecule has 1 amide bonds. The molecule has 0 saturated carbocycles. The van der Waals surface area contributed by atoms with E-state index in [0.717, 1.165) is 34.2 Å². The molecule has 198 valence electrons. The van der Waals surface area contributed by atoms with Crippen LogP contribution in [0.4, 0.5) is 0 Å². The summed E-state index contributed by atoms with van der Waals surface area (Å²) in [6, 6.07) is 11.1. The fraction of sp³-hybridized carbons (Fsp3) is 0.345. The predicted octanol–water partition coefficient (Wildman–Crippen LogP) is 5.38. The Labute approximate surface area is 219 Å². The van der Waals surface area contributed by atoms with Crippen LogP contribution in [0.5, 0.6) is 11.5 Å². The third-order valence-electron chi connectivity index (χ3n) is 6.33. The molecule has 7 nitrogen and oxygen atoms in total. The van der Waals surface area contributed by atoms with E-state index in [1.165, 1.54) is 6.26 Å². The number of amides is 1. The van der Waals surface area contributed by atoms with E-state index in [1.807, 2.05) is 45.1 Å². The molecule has 1 aliphatic carbocycles. The Hall–Kier alpha value is -3.52. The van der Waals surface area contributed by atoms with Crippen LogP contribution in [0.15, 0.2) is 58.1 Å². The van der Waals surface area contributed by atoms with Gasteiger partial charge in [-0.1, -0.05) is 44.2 Å². The van der Waals surface area contributed by atoms with E-state index in [2.05, 4.69) is 18.3 Å². The van der Waals surface area contributed by atoms with Crippen LogP contribution in [0.3, 0.4) is 0 Å². The van der Waals surface area contributed by atoms with Crippen LogP contribution in [0.2, 0.25) is 0 Å². The zero-order valence-corrected chi connectivity index (χ0v) is 23.1. The molecule has 1 aromatic heterocycles. The van der Waals surface area contributed by atoms with Crippen LogP contribution < -0.4 is 14.8 Å². The van der Waals surface area contributed by atoms with Crippen molar-refractivity contribution in [1.82, 2.24) is 5.32 Å². The molecule has 1 heterocycles. The minimum atomic E-state index is -3.10. The molecule has 0 fully saturated rings. The van der Waals surface area contributed by atoms with Crippen molar-refractivity contribution in [2.45, 2.75) is 51.5 Å². The van der Waals surface area contributed by atoms with Crippen molar-refractivity contribution in [1.29, 1.82) is 0 Å². The van der Waals surface area contributed by atoms with Crippen LogP contribution in [0, 0.1) is 13.8 Å². The smallest absolute Gasteiger partial charge is 0.258 e. The maximum Gasteiger partial charge on any atom is 0.258 e. The van der Waals surface area contributed by atoms with Gasteiger partial charge in [-0.15, -0.1) is 0 Å². The Morgan fingerprint density at radius 3 is 2.51 bits per heavy atom. The first kappa shape index (κ1) is 28.1. The third-order valence-corrected chi connectivity index (χ3v) is 7.49. The zero-order valence-electron chi connectivity index (χ0n) is 22.3. The maximum atomic E-state index is 11.9. The molecule has 0 bridgehead atoms. The Morgan fingerprint density at radius 2 is 1.89 bits per heavy atom. The maximum absolute atomic E-state index is 11.9. The van der Waals surface area contributed by atoms with E-state index < -0.39 is 9.84 Å². The number of aryl methyl sites for hydroxylation is 2. The molecule has 1 aliphatic rings. The lowest BCUT2D eigenvalue weighted by Gasteiger charge is -2.18. The van der Waals surface area contributed by atoms with Crippen LogP contribution in [-0.2, 0) is 27.6 Å². The van der Waals surface area contributed by atoms with Crippen molar-refractivity contribution in [2.24, 2.45) is 0 Å². The van der Waals surface area contributed by atoms with Gasteiger partial charge in [0.25, 0.3) is 5.91 Å². The Morgan fingerprint density at radius 1 is 1.14 bits per heavy atom. The summed E-state index contributed by atoms with van der Waals surface area (Å²) < 4.78 is 39.3. The number of carbonyl (C=O) groups is 1. The van der Waals surface area contributed by atoms with E-state index in [0.29, 0.717) is 34.6 Å². The fourth-order valence-electron chi connectivity index (χ4n) is 4.19. The Bertz CT molecular complexity index is 1370. The second-order valence-corrected chi connectivity index (χ2v) is 11.0. The van der Waals surface area contributed by atoms with Crippen LogP contribution in [0.1, 0.15) is 53.3 Å². The van der Waals surface area contributed by atoms with Crippen molar-refractivity contribution in [3.63, 3.8) is 0 Å². The molecule has 1 atom stereocenters. The number of benzene rings is 2. The highest BCUT2D eigenvalue weighted by molar-refractivity contribution is 7.90. The molecule has 4 rings (SSSR count). The number of fused-ring (bicyclic) bond motifs is 1. The van der Waals surface area contributed by atoms with Crippen molar-refractivity contribution >= 4 is 21.8 Å². The van der Waals surface area contributed by atoms with Crippen molar-refractivity contribution in [2.75, 3.05) is 20.0 Å². The van der Waals surface area contributed by atoms with Crippen LogP contribution in [-0.4, -0.2) is 34.3 Å². The first-order valence-electron chi connectivity index (χ1n) is 12.2. The summed E-state index contributed by atoms with van der Waals surface area (Å²) >= 11 is 0. The molecular weight excluding hydrogens is 490 g/mol. The average molecular weight is 526 g/mol. The standard InChI is InChI=1S/C18H23NO4.C11H12O2S/c1-5-14-9-12(2)13(3)17(21-4)18(14)23-11-16(20)19-10-15-7-6-8-22-15;1-8-6-7-10-9(8)4-3-5-11(10)14(2,12)13/h6-9H,5,10-11H2,1-4H3,(H,19,20);3-8H,1-2H3/t;8-/m.1/s1. The van der Waals surface area contributed by atoms with Gasteiger partial charge in [-0.05, 0) is 72.2 Å². The molecule has 2 aromatic carbocycles. The summed E-state index contributed by atoms with van der Waals surface area (Å²) in [5.74, 6) is 2.17. The number of sulfone groups is 1. The van der Waals surface area contributed by atoms with E-state index in [1.54, 1.807) is 31.6 Å². The van der Waals surface area contributed by atoms with Crippen molar-refractivity contribution < 1.29 is 27.1 Å². The molecule has 0 saturated heterocycles. The largest absolute Gasteiger partial charge is 0.493 e. The van der Waals surface area contributed by atoms with Gasteiger partial charge in [0.05, 0.1) is 24.8 Å². The van der Waals surface area contributed by atoms with Gasteiger partial charge in [0, 0.05) is 6.26 Å². The molecule has 1 N–H and O–H groups in total. The highest BCUT2D eigenvalue weighted by atomic mass is 32.2. The minimum absolute atomic E-state index is 0.0629. The molecule has 0 spiro atoms. The normalized spacial score (nSPS) is 13.9. The highest BCUT2D eigenvalue weighted by Gasteiger charge is 2.20. The topological polar surface area (TPSA) is 94.8 Å². The number of rotatable bonds is 8. The number of ether oxygens (including phenoxy) is 2. The predicted molar refractivity (Wildman–Crippen MR) is 145 cm³/mol. The van der Waals surface area contributed by atoms with E-state index >= 15 is 0 Å². The van der Waals surface area contributed by atoms with Crippen molar-refractivity contribution in [3.8, 4) is 11.5 Å². The molecule has 0 aliphatic heterocycles. The SMILES string of the molecule is CCc1cc(C)c(C)c(OC)c1OCC(=O)NCc1ccco1.C[C@@H]1C=Cc2c1cccc2S(C)(=O)=O. The van der Waals surface area contributed by atoms with Gasteiger partial charge in [-0.3, -0.25) is 4.79 Å². The number of furan rings is 1. The summed E-state index contributed by atoms with van der Waals surface area (Å²) in [6.07, 6.45) is 7.56. The Balaban J connectivity index is 0.000000231. The number of nitrogens with one attached hydrogen (secondary N) is 1. The molecular formula is C29H35NO6S. The van der Waals surface area contributed by atoms with Gasteiger partial charge in [-0.2, -0.15) is 0 Å². The van der Waals surface area contributed by atoms with Gasteiger partial charge >= 0.3 is 0 Å². The van der Waals surface area contributed by atoms with Gasteiger partial charge in [0.2, 0.25) is 0 Å². The van der Waals surface area contributed by atoms with Gasteiger partial charge < -0.3 is 19.2 Å². The summed E-state index contributed by atoms with van der Waals surface area (Å²) in [5, 5.41) is 2.76. The van der Waals surface area contributed by atoms with E-state index in [4.69, 9.17) is 13.9 Å². The summed E-state index contributed by atoms with van der Waals surface area (Å²) in [4.78, 5) is 12.4. The number of methoxy groups -OCH3 is 1. The average Bonchev–Trinajstić information content (AvgIpc) is 3.53. The molecule has 8 heteroatoms. The lowest BCUT2D eigenvalue weighted by Crippen LogP contribution is -2.28. The highest BCUT2D eigenvalue weighted by Crippen LogP contribution is 2.37. The first-order valence-corrected chi connectivity index (χ1v) is 14.1. The monoisotopic (exact) mass is 525 g/mol. The second-order valence-electron chi connectivity index (χ2n) is 9.02. The zero-order chi connectivity index (χ0) is 27.2. The lowest BCUT2D eigenvalue weighted by atomic mass is 10.0. The lowest BCUT2D eigenvalue weighted by molar-refractivity contribution is -0.123. The molecule has 0 unspecified atom stereocenters. The second kappa shape index (κ2) is 12.1. The third kappa shape index (κ3) is 6.83. The van der Waals surface area contributed by atoms with Crippen molar-refractivity contribution in [3.05, 3.63) is 82.3 Å². The number of hydrogen-bond acceptors (Lipinski definition) is 6. The fourth-order valence-corrected chi connectivity index (χ4v) is 5.10. The Kier molecular flexibility index (Phi) is 9.21. The van der Waals surface area contributed by atoms with Crippen LogP contribution in [0.25, 0.3) is 6.08 Å². The minimum Gasteiger partial charge on any atom is -0.493 e. The molecule has 3 aromatic rings. The number of allylic oxidation sites excluding steroid dienone is 1. The van der Waals surface area contributed by atoms with E-state index in [-0.39, 0.29) is 12.5 Å². The number of carbonyl (C=O) groups excluding carboxylic acids is 1. The van der Waals surface area contributed by atoms with Gasteiger partial charge in [-0.25, -0.2) is 8.42 Å². The summed E-state index contributed by atoms with van der Waals surface area (Å²) in [5.41, 5.74) is 5.17. The van der Waals surface area contributed by atoms with Gasteiger partial charge in [0.15, 0.2) is 27.9 Å². The molecule has 37 heavy (non-hydrogen) atoms. The quantitative estimate of drug-likeness (QED) is 0.424. The van der Waals surface area contributed by atoms with Crippen LogP contribution >= 0.6 is 0 Å². The molecule has 0 radical (unpaired) electrons. The first-order chi connectivity index (χ1) is 17.6. The van der Waals surface area contributed by atoms with Gasteiger partial charge in [0.1, 0.15) is 5.76 Å². The summed E-state index contributed by atoms with van der Waals surface area (Å²) in [6.45, 7) is 8.42.